The van der Waals surface area contributed by atoms with Gasteiger partial charge in [-0.2, -0.15) is 5.10 Å². The van der Waals surface area contributed by atoms with E-state index in [0.717, 1.165) is 30.3 Å². The van der Waals surface area contributed by atoms with E-state index in [1.54, 1.807) is 18.5 Å². The van der Waals surface area contributed by atoms with Crippen LogP contribution in [0.1, 0.15) is 56.1 Å². The normalized spacial score (nSPS) is 19.6. The third-order valence-corrected chi connectivity index (χ3v) is 7.72. The largest absolute Gasteiger partial charge is 0.361 e. The smallest absolute Gasteiger partial charge is 0.155 e. The zero-order chi connectivity index (χ0) is 23.5. The lowest BCUT2D eigenvalue weighted by Crippen LogP contribution is -2.37. The average molecular weight is 460 g/mol. The Morgan fingerprint density at radius 3 is 2.62 bits per heavy atom. The maximum Gasteiger partial charge on any atom is 0.155 e. The fourth-order valence-corrected chi connectivity index (χ4v) is 5.59. The van der Waals surface area contributed by atoms with Crippen molar-refractivity contribution in [3.63, 3.8) is 0 Å². The first-order chi connectivity index (χ1) is 16.6. The number of H-pyrrole nitrogens is 2. The van der Waals surface area contributed by atoms with E-state index in [9.17, 15) is 4.39 Å². The molecule has 2 N–H and O–H groups in total. The van der Waals surface area contributed by atoms with Crippen molar-refractivity contribution in [3.05, 3.63) is 71.9 Å². The Hall–Kier alpha value is -2.99. The number of likely N-dealkylation sites (N-methyl/N-ethyl adjacent to an activating group) is 1. The Morgan fingerprint density at radius 1 is 1.09 bits per heavy atom. The van der Waals surface area contributed by atoms with Crippen molar-refractivity contribution in [3.8, 4) is 11.4 Å². The van der Waals surface area contributed by atoms with E-state index in [4.69, 9.17) is 0 Å². The quantitative estimate of drug-likeness (QED) is 0.324. The van der Waals surface area contributed by atoms with Gasteiger partial charge >= 0.3 is 0 Å². The van der Waals surface area contributed by atoms with Gasteiger partial charge in [-0.05, 0) is 98.9 Å². The highest BCUT2D eigenvalue weighted by Crippen LogP contribution is 2.32. The molecule has 5 nitrogen and oxygen atoms in total. The summed E-state index contributed by atoms with van der Waals surface area (Å²) in [6.45, 7) is 3.26. The van der Waals surface area contributed by atoms with Crippen LogP contribution < -0.4 is 0 Å². The van der Waals surface area contributed by atoms with Crippen molar-refractivity contribution in [1.82, 2.24) is 25.1 Å². The van der Waals surface area contributed by atoms with E-state index in [1.165, 1.54) is 54.1 Å². The number of halogens is 1. The molecule has 0 radical (unpaired) electrons. The zero-order valence-corrected chi connectivity index (χ0v) is 20.1. The maximum atomic E-state index is 13.2. The summed E-state index contributed by atoms with van der Waals surface area (Å²) in [7, 11) is 2.25. The Kier molecular flexibility index (Phi) is 6.77. The number of hydrogen-bond donors (Lipinski definition) is 2. The van der Waals surface area contributed by atoms with Gasteiger partial charge in [-0.3, -0.25) is 5.10 Å². The standard InChI is InChI=1S/C28H34FN5/c1-19(21-7-10-24(29)11-8-21)17-34(2)25-12-4-20(5-13-25)3-6-23-16-30-27-14-9-22(15-26(23)27)28-31-18-32-33-28/h7-11,14-16,18-20,25,30H,3-6,12-13,17H2,1-2H3,(H,31,32,33). The molecule has 34 heavy (non-hydrogen) atoms. The number of nitrogens with one attached hydrogen (secondary N) is 2. The number of benzene rings is 2. The molecule has 178 valence electrons. The number of aromatic amines is 2. The molecule has 6 heteroatoms. The van der Waals surface area contributed by atoms with Gasteiger partial charge in [0.25, 0.3) is 0 Å². The summed E-state index contributed by atoms with van der Waals surface area (Å²) in [6.07, 6.45) is 11.2. The number of aromatic nitrogens is 4. The van der Waals surface area contributed by atoms with Crippen molar-refractivity contribution >= 4 is 10.9 Å². The second-order valence-electron chi connectivity index (χ2n) is 10.0. The van der Waals surface area contributed by atoms with Crippen molar-refractivity contribution in [2.75, 3.05) is 13.6 Å². The van der Waals surface area contributed by atoms with E-state index in [2.05, 4.69) is 63.4 Å². The second-order valence-corrected chi connectivity index (χ2v) is 10.0. The number of aryl methyl sites for hydroxylation is 1. The van der Waals surface area contributed by atoms with E-state index < -0.39 is 0 Å². The van der Waals surface area contributed by atoms with Gasteiger partial charge in [-0.15, -0.1) is 0 Å². The molecule has 0 saturated heterocycles. The number of rotatable bonds is 8. The summed E-state index contributed by atoms with van der Waals surface area (Å²) in [6, 6.07) is 14.1. The van der Waals surface area contributed by atoms with Crippen LogP contribution in [0.2, 0.25) is 0 Å². The van der Waals surface area contributed by atoms with Crippen molar-refractivity contribution in [1.29, 1.82) is 0 Å². The van der Waals surface area contributed by atoms with E-state index in [0.29, 0.717) is 12.0 Å². The molecule has 2 heterocycles. The molecular formula is C28H34FN5. The highest BCUT2D eigenvalue weighted by atomic mass is 19.1. The third kappa shape index (κ3) is 5.07. The predicted octanol–water partition coefficient (Wildman–Crippen LogP) is 6.32. The molecular weight excluding hydrogens is 425 g/mol. The molecule has 1 aliphatic rings. The highest BCUT2D eigenvalue weighted by Gasteiger charge is 2.25. The summed E-state index contributed by atoms with van der Waals surface area (Å²) in [5, 5.41) is 8.23. The first-order valence-corrected chi connectivity index (χ1v) is 12.5. The van der Waals surface area contributed by atoms with Gasteiger partial charge in [0.15, 0.2) is 5.82 Å². The minimum Gasteiger partial charge on any atom is -0.361 e. The summed E-state index contributed by atoms with van der Waals surface area (Å²) in [4.78, 5) is 10.2. The molecule has 0 bridgehead atoms. The minimum absolute atomic E-state index is 0.162. The summed E-state index contributed by atoms with van der Waals surface area (Å²) >= 11 is 0. The van der Waals surface area contributed by atoms with Gasteiger partial charge in [-0.25, -0.2) is 9.37 Å². The topological polar surface area (TPSA) is 60.6 Å². The fraction of sp³-hybridized carbons (Fsp3) is 0.429. The zero-order valence-electron chi connectivity index (χ0n) is 20.1. The van der Waals surface area contributed by atoms with Crippen LogP contribution >= 0.6 is 0 Å². The van der Waals surface area contributed by atoms with Crippen molar-refractivity contribution in [2.24, 2.45) is 5.92 Å². The fourth-order valence-electron chi connectivity index (χ4n) is 5.59. The van der Waals surface area contributed by atoms with Crippen LogP contribution in [0.3, 0.4) is 0 Å². The Labute approximate surface area is 200 Å². The van der Waals surface area contributed by atoms with Gasteiger partial charge in [-0.1, -0.05) is 19.1 Å². The highest BCUT2D eigenvalue weighted by molar-refractivity contribution is 5.87. The molecule has 0 spiro atoms. The number of nitrogens with zero attached hydrogens (tertiary/aromatic N) is 3. The first kappa shape index (κ1) is 22.8. The lowest BCUT2D eigenvalue weighted by atomic mass is 9.82. The Morgan fingerprint density at radius 2 is 1.88 bits per heavy atom. The molecule has 0 amide bonds. The van der Waals surface area contributed by atoms with Gasteiger partial charge in [0.2, 0.25) is 0 Å². The predicted molar refractivity (Wildman–Crippen MR) is 135 cm³/mol. The van der Waals surface area contributed by atoms with E-state index in [1.807, 2.05) is 12.1 Å². The molecule has 5 rings (SSSR count). The lowest BCUT2D eigenvalue weighted by Gasteiger charge is -2.36. The van der Waals surface area contributed by atoms with Crippen LogP contribution in [0.4, 0.5) is 4.39 Å². The second kappa shape index (κ2) is 10.1. The van der Waals surface area contributed by atoms with Gasteiger partial charge in [0, 0.05) is 35.2 Å². The summed E-state index contributed by atoms with van der Waals surface area (Å²) in [5.74, 6) is 1.85. The van der Waals surface area contributed by atoms with E-state index >= 15 is 0 Å². The molecule has 4 aromatic rings. The number of hydrogen-bond acceptors (Lipinski definition) is 3. The molecule has 1 saturated carbocycles. The Bertz CT molecular complexity index is 1190. The minimum atomic E-state index is -0.162. The van der Waals surface area contributed by atoms with Crippen LogP contribution in [0.5, 0.6) is 0 Å². The van der Waals surface area contributed by atoms with Gasteiger partial charge < -0.3 is 9.88 Å². The van der Waals surface area contributed by atoms with E-state index in [-0.39, 0.29) is 5.82 Å². The van der Waals surface area contributed by atoms with Crippen molar-refractivity contribution < 1.29 is 4.39 Å². The molecule has 1 aliphatic carbocycles. The number of fused-ring (bicyclic) bond motifs is 1. The average Bonchev–Trinajstić information content (AvgIpc) is 3.53. The van der Waals surface area contributed by atoms with Crippen LogP contribution in [-0.4, -0.2) is 44.7 Å². The molecule has 1 atom stereocenters. The van der Waals surface area contributed by atoms with Crippen LogP contribution in [0, 0.1) is 11.7 Å². The lowest BCUT2D eigenvalue weighted by molar-refractivity contribution is 0.156. The molecule has 2 aromatic carbocycles. The van der Waals surface area contributed by atoms with Gasteiger partial charge in [0.1, 0.15) is 12.1 Å². The summed E-state index contributed by atoms with van der Waals surface area (Å²) in [5.41, 5.74) is 4.86. The van der Waals surface area contributed by atoms with Crippen LogP contribution in [0.15, 0.2) is 55.0 Å². The first-order valence-electron chi connectivity index (χ1n) is 12.5. The molecule has 2 aromatic heterocycles. The summed E-state index contributed by atoms with van der Waals surface area (Å²) < 4.78 is 13.2. The van der Waals surface area contributed by atoms with Crippen LogP contribution in [0.25, 0.3) is 22.3 Å². The maximum absolute atomic E-state index is 13.2. The third-order valence-electron chi connectivity index (χ3n) is 7.72. The molecule has 0 aliphatic heterocycles. The van der Waals surface area contributed by atoms with Gasteiger partial charge in [0.05, 0.1) is 0 Å². The van der Waals surface area contributed by atoms with Crippen molar-refractivity contribution in [2.45, 2.75) is 57.4 Å². The monoisotopic (exact) mass is 459 g/mol. The molecule has 1 fully saturated rings. The molecule has 1 unspecified atom stereocenters. The Balaban J connectivity index is 1.13. The van der Waals surface area contributed by atoms with Crippen LogP contribution in [-0.2, 0) is 6.42 Å². The SMILES string of the molecule is CC(CN(C)C1CCC(CCc2c[nH]c3ccc(-c4ncn[nH]4)cc23)CC1)c1ccc(F)cc1.